The van der Waals surface area contributed by atoms with E-state index in [-0.39, 0.29) is 6.04 Å². The van der Waals surface area contributed by atoms with Gasteiger partial charge in [-0.15, -0.1) is 0 Å². The number of rotatable bonds is 2. The first kappa shape index (κ1) is 10.7. The van der Waals surface area contributed by atoms with Gasteiger partial charge in [-0.25, -0.2) is 8.42 Å². The molecular weight excluding hydrogens is 214 g/mol. The minimum Gasteiger partial charge on any atom is -0.366 e. The second-order valence-electron chi connectivity index (χ2n) is 3.76. The van der Waals surface area contributed by atoms with Gasteiger partial charge >= 0.3 is 0 Å². The number of aromatic nitrogens is 1. The molecule has 0 bridgehead atoms. The molecule has 5 nitrogen and oxygen atoms in total. The van der Waals surface area contributed by atoms with Gasteiger partial charge in [-0.05, 0) is 13.0 Å². The zero-order valence-electron chi connectivity index (χ0n) is 8.60. The Bertz CT molecular complexity index is 413. The third-order valence-electron chi connectivity index (χ3n) is 2.54. The first-order valence-electron chi connectivity index (χ1n) is 4.97. The first-order chi connectivity index (χ1) is 7.10. The summed E-state index contributed by atoms with van der Waals surface area (Å²) in [7, 11) is -3.29. The molecule has 2 rings (SSSR count). The number of piperazine rings is 1. The Morgan fingerprint density at radius 1 is 1.53 bits per heavy atom. The molecule has 1 aromatic rings. The Labute approximate surface area is 89.5 Å². The summed E-state index contributed by atoms with van der Waals surface area (Å²) in [5.41, 5.74) is 0. The van der Waals surface area contributed by atoms with E-state index < -0.39 is 10.0 Å². The molecule has 1 fully saturated rings. The predicted octanol–water partition coefficient (Wildman–Crippen LogP) is -0.00290. The first-order valence-corrected chi connectivity index (χ1v) is 6.41. The van der Waals surface area contributed by atoms with Crippen LogP contribution in [-0.4, -0.2) is 43.4 Å². The van der Waals surface area contributed by atoms with E-state index in [0.717, 1.165) is 0 Å². The number of sulfonamides is 1. The van der Waals surface area contributed by atoms with Crippen molar-refractivity contribution in [2.75, 3.05) is 19.6 Å². The highest BCUT2D eigenvalue weighted by Gasteiger charge is 2.28. The van der Waals surface area contributed by atoms with E-state index in [1.807, 2.05) is 6.92 Å². The molecule has 1 aliphatic rings. The van der Waals surface area contributed by atoms with Gasteiger partial charge in [0.1, 0.15) is 0 Å². The van der Waals surface area contributed by atoms with Gasteiger partial charge in [0.2, 0.25) is 10.0 Å². The standard InChI is InChI=1S/C9H15N3O2S/c1-8-7-12(5-4-11-8)15(13,14)9-2-3-10-6-9/h2-3,6,8,10-11H,4-5,7H2,1H3/t8-/m1/s1. The van der Waals surface area contributed by atoms with Gasteiger partial charge in [0, 0.05) is 38.1 Å². The number of aromatic amines is 1. The summed E-state index contributed by atoms with van der Waals surface area (Å²) in [6, 6.07) is 1.80. The summed E-state index contributed by atoms with van der Waals surface area (Å²) in [5, 5.41) is 3.22. The van der Waals surface area contributed by atoms with Gasteiger partial charge in [-0.2, -0.15) is 4.31 Å². The van der Waals surface area contributed by atoms with Crippen molar-refractivity contribution < 1.29 is 8.42 Å². The summed E-state index contributed by atoms with van der Waals surface area (Å²) in [4.78, 5) is 3.11. The number of nitrogens with one attached hydrogen (secondary N) is 2. The highest BCUT2D eigenvalue weighted by molar-refractivity contribution is 7.89. The third-order valence-corrected chi connectivity index (χ3v) is 4.40. The average molecular weight is 229 g/mol. The molecule has 1 aliphatic heterocycles. The molecule has 15 heavy (non-hydrogen) atoms. The largest absolute Gasteiger partial charge is 0.366 e. The molecular formula is C9H15N3O2S. The van der Waals surface area contributed by atoms with Crippen molar-refractivity contribution in [3.05, 3.63) is 18.5 Å². The minimum absolute atomic E-state index is 0.215. The molecule has 0 amide bonds. The molecule has 0 spiro atoms. The van der Waals surface area contributed by atoms with E-state index in [2.05, 4.69) is 10.3 Å². The fraction of sp³-hybridized carbons (Fsp3) is 0.556. The van der Waals surface area contributed by atoms with Crippen LogP contribution in [0.5, 0.6) is 0 Å². The van der Waals surface area contributed by atoms with Crippen molar-refractivity contribution in [1.29, 1.82) is 0 Å². The molecule has 2 N–H and O–H groups in total. The molecule has 1 atom stereocenters. The minimum atomic E-state index is -3.29. The zero-order valence-corrected chi connectivity index (χ0v) is 9.42. The maximum absolute atomic E-state index is 12.1. The molecule has 84 valence electrons. The smallest absolute Gasteiger partial charge is 0.244 e. The maximum Gasteiger partial charge on any atom is 0.244 e. The molecule has 0 aliphatic carbocycles. The summed E-state index contributed by atoms with van der Waals surface area (Å²) in [6.07, 6.45) is 3.14. The lowest BCUT2D eigenvalue weighted by Crippen LogP contribution is -2.51. The quantitative estimate of drug-likeness (QED) is 0.750. The Kier molecular flexibility index (Phi) is 2.81. The van der Waals surface area contributed by atoms with E-state index in [0.29, 0.717) is 24.5 Å². The number of nitrogens with zero attached hydrogens (tertiary/aromatic N) is 1. The predicted molar refractivity (Wildman–Crippen MR) is 57.0 cm³/mol. The fourth-order valence-electron chi connectivity index (χ4n) is 1.73. The van der Waals surface area contributed by atoms with Crippen LogP contribution in [0.1, 0.15) is 6.92 Å². The summed E-state index contributed by atoms with van der Waals surface area (Å²) in [5.74, 6) is 0. The van der Waals surface area contributed by atoms with Crippen molar-refractivity contribution in [3.8, 4) is 0 Å². The molecule has 1 aromatic heterocycles. The van der Waals surface area contributed by atoms with Crippen LogP contribution in [0.3, 0.4) is 0 Å². The molecule has 0 radical (unpaired) electrons. The van der Waals surface area contributed by atoms with Crippen molar-refractivity contribution in [2.24, 2.45) is 0 Å². The SMILES string of the molecule is C[C@@H]1CN(S(=O)(=O)c2cc[nH]c2)CCN1. The van der Waals surface area contributed by atoms with E-state index >= 15 is 0 Å². The van der Waals surface area contributed by atoms with Gasteiger partial charge in [0.15, 0.2) is 0 Å². The Morgan fingerprint density at radius 2 is 2.33 bits per heavy atom. The topological polar surface area (TPSA) is 65.2 Å². The highest BCUT2D eigenvalue weighted by atomic mass is 32.2. The lowest BCUT2D eigenvalue weighted by Gasteiger charge is -2.30. The Balaban J connectivity index is 2.22. The van der Waals surface area contributed by atoms with E-state index in [9.17, 15) is 8.42 Å². The molecule has 2 heterocycles. The second-order valence-corrected chi connectivity index (χ2v) is 5.70. The monoisotopic (exact) mass is 229 g/mol. The molecule has 0 aromatic carbocycles. The van der Waals surface area contributed by atoms with Crippen LogP contribution in [0, 0.1) is 0 Å². The van der Waals surface area contributed by atoms with Crippen molar-refractivity contribution in [2.45, 2.75) is 17.9 Å². The highest BCUT2D eigenvalue weighted by Crippen LogP contribution is 2.15. The average Bonchev–Trinajstić information content (AvgIpc) is 2.71. The van der Waals surface area contributed by atoms with Crippen LogP contribution < -0.4 is 5.32 Å². The van der Waals surface area contributed by atoms with Gasteiger partial charge in [0.25, 0.3) is 0 Å². The van der Waals surface area contributed by atoms with E-state index in [1.54, 1.807) is 12.3 Å². The molecule has 0 unspecified atom stereocenters. The van der Waals surface area contributed by atoms with Crippen LogP contribution >= 0.6 is 0 Å². The molecule has 1 saturated heterocycles. The number of H-pyrrole nitrogens is 1. The van der Waals surface area contributed by atoms with E-state index in [1.165, 1.54) is 10.5 Å². The maximum atomic E-state index is 12.1. The normalized spacial score (nSPS) is 24.2. The Morgan fingerprint density at radius 3 is 2.93 bits per heavy atom. The van der Waals surface area contributed by atoms with Gasteiger partial charge in [0.05, 0.1) is 4.90 Å². The summed E-state index contributed by atoms with van der Waals surface area (Å²) < 4.78 is 25.7. The van der Waals surface area contributed by atoms with E-state index in [4.69, 9.17) is 0 Å². The fourth-order valence-corrected chi connectivity index (χ4v) is 3.24. The van der Waals surface area contributed by atoms with Gasteiger partial charge in [-0.1, -0.05) is 0 Å². The number of hydrogen-bond acceptors (Lipinski definition) is 3. The second kappa shape index (κ2) is 3.96. The van der Waals surface area contributed by atoms with Crippen LogP contribution in [0.2, 0.25) is 0 Å². The van der Waals surface area contributed by atoms with Crippen molar-refractivity contribution >= 4 is 10.0 Å². The van der Waals surface area contributed by atoms with Crippen LogP contribution in [0.25, 0.3) is 0 Å². The van der Waals surface area contributed by atoms with Crippen molar-refractivity contribution in [1.82, 2.24) is 14.6 Å². The lowest BCUT2D eigenvalue weighted by molar-refractivity contribution is 0.310. The van der Waals surface area contributed by atoms with Crippen LogP contribution in [0.4, 0.5) is 0 Å². The Hall–Kier alpha value is -0.850. The lowest BCUT2D eigenvalue weighted by atomic mass is 10.3. The third kappa shape index (κ3) is 2.06. The van der Waals surface area contributed by atoms with Crippen molar-refractivity contribution in [3.63, 3.8) is 0 Å². The number of hydrogen-bond donors (Lipinski definition) is 2. The van der Waals surface area contributed by atoms with Crippen LogP contribution in [-0.2, 0) is 10.0 Å². The summed E-state index contributed by atoms with van der Waals surface area (Å²) >= 11 is 0. The zero-order chi connectivity index (χ0) is 10.9. The molecule has 6 heteroatoms. The molecule has 0 saturated carbocycles. The summed E-state index contributed by atoms with van der Waals surface area (Å²) in [6.45, 7) is 3.77. The van der Waals surface area contributed by atoms with Crippen LogP contribution in [0.15, 0.2) is 23.4 Å². The van der Waals surface area contributed by atoms with Gasteiger partial charge < -0.3 is 10.3 Å². The van der Waals surface area contributed by atoms with Gasteiger partial charge in [-0.3, -0.25) is 0 Å².